The molecule has 2 heterocycles. The summed E-state index contributed by atoms with van der Waals surface area (Å²) in [4.78, 5) is 19.8. The molecule has 1 fully saturated rings. The van der Waals surface area contributed by atoms with E-state index in [1.54, 1.807) is 0 Å². The summed E-state index contributed by atoms with van der Waals surface area (Å²) < 4.78 is 5.64. The van der Waals surface area contributed by atoms with Crippen molar-refractivity contribution in [2.45, 2.75) is 25.4 Å². The van der Waals surface area contributed by atoms with Crippen LogP contribution in [0.5, 0.6) is 0 Å². The van der Waals surface area contributed by atoms with Gasteiger partial charge in [0.15, 0.2) is 5.82 Å². The second-order valence-corrected chi connectivity index (χ2v) is 4.34. The number of ether oxygens (including phenoxy) is 1. The number of aromatic nitrogens is 2. The standard InChI is InChI=1S/C11H18N4O2/c1-15(6-8-4-2-3-5-17-8)10-9(12)11(16)14-7-13-10/h7-8H,2-6,12H2,1H3,(H,13,14,16). The number of nitrogens with two attached hydrogens (primary N) is 1. The van der Waals surface area contributed by atoms with Crippen LogP contribution in [0, 0.1) is 0 Å². The molecule has 3 N–H and O–H groups in total. The Labute approximate surface area is 99.8 Å². The molecule has 1 aliphatic heterocycles. The zero-order chi connectivity index (χ0) is 12.3. The van der Waals surface area contributed by atoms with Crippen LogP contribution < -0.4 is 16.2 Å². The van der Waals surface area contributed by atoms with Crippen LogP contribution in [-0.4, -0.2) is 36.3 Å². The summed E-state index contributed by atoms with van der Waals surface area (Å²) in [6.07, 6.45) is 4.94. The fourth-order valence-electron chi connectivity index (χ4n) is 2.05. The number of aromatic amines is 1. The highest BCUT2D eigenvalue weighted by Gasteiger charge is 2.18. The first-order valence-electron chi connectivity index (χ1n) is 5.84. The highest BCUT2D eigenvalue weighted by atomic mass is 16.5. The molecule has 6 nitrogen and oxygen atoms in total. The van der Waals surface area contributed by atoms with E-state index in [0.29, 0.717) is 12.4 Å². The van der Waals surface area contributed by atoms with E-state index in [1.165, 1.54) is 12.7 Å². The maximum absolute atomic E-state index is 11.4. The van der Waals surface area contributed by atoms with Crippen LogP contribution in [0.3, 0.4) is 0 Å². The molecule has 2 rings (SSSR count). The van der Waals surface area contributed by atoms with Gasteiger partial charge in [-0.25, -0.2) is 4.98 Å². The van der Waals surface area contributed by atoms with E-state index >= 15 is 0 Å². The van der Waals surface area contributed by atoms with Crippen LogP contribution in [0.25, 0.3) is 0 Å². The first-order chi connectivity index (χ1) is 8.18. The Morgan fingerprint density at radius 2 is 2.47 bits per heavy atom. The molecular weight excluding hydrogens is 220 g/mol. The second kappa shape index (κ2) is 5.18. The zero-order valence-electron chi connectivity index (χ0n) is 9.98. The van der Waals surface area contributed by atoms with Gasteiger partial charge < -0.3 is 20.4 Å². The fourth-order valence-corrected chi connectivity index (χ4v) is 2.05. The molecule has 0 radical (unpaired) electrons. The first-order valence-corrected chi connectivity index (χ1v) is 5.84. The topological polar surface area (TPSA) is 84.2 Å². The highest BCUT2D eigenvalue weighted by molar-refractivity contribution is 5.60. The smallest absolute Gasteiger partial charge is 0.276 e. The van der Waals surface area contributed by atoms with E-state index in [2.05, 4.69) is 9.97 Å². The molecule has 1 aromatic rings. The quantitative estimate of drug-likeness (QED) is 0.794. The van der Waals surface area contributed by atoms with Gasteiger partial charge in [-0.15, -0.1) is 0 Å². The molecule has 1 aliphatic rings. The lowest BCUT2D eigenvalue weighted by molar-refractivity contribution is 0.0215. The normalized spacial score (nSPS) is 20.2. The number of rotatable bonds is 3. The summed E-state index contributed by atoms with van der Waals surface area (Å²) in [6, 6.07) is 0. The van der Waals surface area contributed by atoms with Gasteiger partial charge in [0.05, 0.1) is 12.4 Å². The molecule has 1 unspecified atom stereocenters. The van der Waals surface area contributed by atoms with Crippen LogP contribution in [0.1, 0.15) is 19.3 Å². The Morgan fingerprint density at radius 3 is 3.18 bits per heavy atom. The average Bonchev–Trinajstić information content (AvgIpc) is 2.34. The van der Waals surface area contributed by atoms with E-state index in [9.17, 15) is 4.79 Å². The molecule has 6 heteroatoms. The summed E-state index contributed by atoms with van der Waals surface area (Å²) >= 11 is 0. The largest absolute Gasteiger partial charge is 0.391 e. The third-order valence-corrected chi connectivity index (χ3v) is 2.98. The van der Waals surface area contributed by atoms with Crippen molar-refractivity contribution >= 4 is 11.5 Å². The number of nitrogen functional groups attached to an aromatic ring is 1. The lowest BCUT2D eigenvalue weighted by Gasteiger charge is -2.28. The van der Waals surface area contributed by atoms with E-state index in [1.807, 2.05) is 11.9 Å². The molecule has 0 bridgehead atoms. The van der Waals surface area contributed by atoms with Crippen molar-refractivity contribution in [3.8, 4) is 0 Å². The minimum atomic E-state index is -0.300. The molecule has 0 aliphatic carbocycles. The zero-order valence-corrected chi connectivity index (χ0v) is 9.98. The van der Waals surface area contributed by atoms with Crippen LogP contribution >= 0.6 is 0 Å². The first kappa shape index (κ1) is 11.9. The molecule has 0 aromatic carbocycles. The Hall–Kier alpha value is -1.56. The molecule has 1 atom stereocenters. The molecular formula is C11H18N4O2. The van der Waals surface area contributed by atoms with Gasteiger partial charge in [0.1, 0.15) is 5.69 Å². The SMILES string of the molecule is CN(CC1CCCCO1)c1nc[nH]c(=O)c1N. The van der Waals surface area contributed by atoms with Crippen LogP contribution in [-0.2, 0) is 4.74 Å². The number of hydrogen-bond donors (Lipinski definition) is 2. The lowest BCUT2D eigenvalue weighted by atomic mass is 10.1. The summed E-state index contributed by atoms with van der Waals surface area (Å²) in [7, 11) is 1.87. The number of hydrogen-bond acceptors (Lipinski definition) is 5. The number of H-pyrrole nitrogens is 1. The second-order valence-electron chi connectivity index (χ2n) is 4.34. The van der Waals surface area contributed by atoms with Gasteiger partial charge in [-0.3, -0.25) is 4.79 Å². The van der Waals surface area contributed by atoms with E-state index < -0.39 is 0 Å². The van der Waals surface area contributed by atoms with Gasteiger partial charge in [0, 0.05) is 20.2 Å². The van der Waals surface area contributed by atoms with Gasteiger partial charge in [0.2, 0.25) is 0 Å². The summed E-state index contributed by atoms with van der Waals surface area (Å²) in [5.74, 6) is 0.517. The van der Waals surface area contributed by atoms with Crippen molar-refractivity contribution < 1.29 is 4.74 Å². The van der Waals surface area contributed by atoms with Gasteiger partial charge in [-0.1, -0.05) is 0 Å². The Kier molecular flexibility index (Phi) is 3.63. The van der Waals surface area contributed by atoms with Crippen LogP contribution in [0.15, 0.2) is 11.1 Å². The molecule has 1 saturated heterocycles. The van der Waals surface area contributed by atoms with Gasteiger partial charge in [-0.05, 0) is 19.3 Å². The molecule has 17 heavy (non-hydrogen) atoms. The van der Waals surface area contributed by atoms with Crippen molar-refractivity contribution in [3.05, 3.63) is 16.7 Å². The predicted molar refractivity (Wildman–Crippen MR) is 66.1 cm³/mol. The number of anilines is 2. The Balaban J connectivity index is 2.06. The lowest BCUT2D eigenvalue weighted by Crippen LogP contribution is -2.35. The summed E-state index contributed by atoms with van der Waals surface area (Å²) in [6.45, 7) is 1.53. The van der Waals surface area contributed by atoms with Gasteiger partial charge >= 0.3 is 0 Å². The maximum atomic E-state index is 11.4. The fraction of sp³-hybridized carbons (Fsp3) is 0.636. The molecule has 94 valence electrons. The van der Waals surface area contributed by atoms with Crippen LogP contribution in [0.2, 0.25) is 0 Å². The van der Waals surface area contributed by atoms with Crippen molar-refractivity contribution in [1.29, 1.82) is 0 Å². The number of nitrogens with one attached hydrogen (secondary N) is 1. The molecule has 0 saturated carbocycles. The highest BCUT2D eigenvalue weighted by Crippen LogP contribution is 2.18. The predicted octanol–water partition coefficient (Wildman–Crippen LogP) is 0.357. The van der Waals surface area contributed by atoms with Gasteiger partial charge in [0.25, 0.3) is 5.56 Å². The van der Waals surface area contributed by atoms with Crippen molar-refractivity contribution in [3.63, 3.8) is 0 Å². The Bertz CT molecular complexity index is 426. The number of likely N-dealkylation sites (N-methyl/N-ethyl adjacent to an activating group) is 1. The third-order valence-electron chi connectivity index (χ3n) is 2.98. The van der Waals surface area contributed by atoms with Crippen molar-refractivity contribution in [2.75, 3.05) is 30.8 Å². The van der Waals surface area contributed by atoms with Crippen molar-refractivity contribution in [2.24, 2.45) is 0 Å². The van der Waals surface area contributed by atoms with Gasteiger partial charge in [-0.2, -0.15) is 0 Å². The minimum Gasteiger partial charge on any atom is -0.391 e. The monoisotopic (exact) mass is 238 g/mol. The third kappa shape index (κ3) is 2.76. The van der Waals surface area contributed by atoms with E-state index in [0.717, 1.165) is 19.4 Å². The summed E-state index contributed by atoms with van der Waals surface area (Å²) in [5, 5.41) is 0. The van der Waals surface area contributed by atoms with Crippen LogP contribution in [0.4, 0.5) is 11.5 Å². The average molecular weight is 238 g/mol. The molecule has 0 amide bonds. The molecule has 0 spiro atoms. The molecule has 1 aromatic heterocycles. The number of nitrogens with zero attached hydrogens (tertiary/aromatic N) is 2. The van der Waals surface area contributed by atoms with Crippen molar-refractivity contribution in [1.82, 2.24) is 9.97 Å². The minimum absolute atomic E-state index is 0.158. The van der Waals surface area contributed by atoms with E-state index in [-0.39, 0.29) is 17.4 Å². The van der Waals surface area contributed by atoms with E-state index in [4.69, 9.17) is 10.5 Å². The Morgan fingerprint density at radius 1 is 1.65 bits per heavy atom. The maximum Gasteiger partial charge on any atom is 0.276 e. The summed E-state index contributed by atoms with van der Waals surface area (Å²) in [5.41, 5.74) is 5.56.